The zero-order valence-electron chi connectivity index (χ0n) is 32.6. The number of aromatic nitrogens is 2. The molecule has 0 saturated heterocycles. The molecule has 0 spiro atoms. The Morgan fingerprint density at radius 1 is 0.510 bits per heavy atom. The van der Waals surface area contributed by atoms with Crippen LogP contribution in [-0.2, 0) is 25.9 Å². The fraction of sp³-hybridized carbons (Fsp3) is 0.681. The Balaban J connectivity index is 1.49. The van der Waals surface area contributed by atoms with Crippen molar-refractivity contribution in [3.8, 4) is 0 Å². The number of hydrogen-bond acceptors (Lipinski definition) is 0. The van der Waals surface area contributed by atoms with Crippen LogP contribution in [0.3, 0.4) is 0 Å². The SMILES string of the molecule is CCCCCCCCCCCCCCCCCCC[n+]1c(CC(C)c2ccccc2)cn(CCCCCCCCC)c1Cc1ccccc1. The van der Waals surface area contributed by atoms with Gasteiger partial charge in [0.15, 0.2) is 0 Å². The topological polar surface area (TPSA) is 8.81 Å². The minimum atomic E-state index is 0.516. The first kappa shape index (κ1) is 41.1. The standard InChI is InChI=1S/C47H77N2/c1-4-6-8-10-12-13-14-15-16-17-18-19-20-21-23-25-33-39-49-46(40-43(3)45-36-30-27-31-37-45)42-48(38-32-24-22-11-9-7-5-2)47(49)41-44-34-28-26-29-35-44/h26-31,34-37,42-43H,4-25,32-33,38-41H2,1-3H3/q+1. The van der Waals surface area contributed by atoms with E-state index in [0.29, 0.717) is 5.92 Å². The molecule has 0 amide bonds. The highest BCUT2D eigenvalue weighted by Crippen LogP contribution is 2.22. The van der Waals surface area contributed by atoms with Crippen molar-refractivity contribution in [2.45, 2.75) is 207 Å². The van der Waals surface area contributed by atoms with Gasteiger partial charge in [0.05, 0.1) is 19.5 Å². The van der Waals surface area contributed by atoms with Crippen LogP contribution in [-0.4, -0.2) is 4.57 Å². The Morgan fingerprint density at radius 3 is 1.43 bits per heavy atom. The van der Waals surface area contributed by atoms with Crippen molar-refractivity contribution in [3.05, 3.63) is 89.5 Å². The lowest BCUT2D eigenvalue weighted by Gasteiger charge is -2.12. The maximum absolute atomic E-state index is 2.75. The van der Waals surface area contributed by atoms with E-state index in [1.165, 1.54) is 177 Å². The van der Waals surface area contributed by atoms with E-state index in [0.717, 1.165) is 25.9 Å². The zero-order valence-corrected chi connectivity index (χ0v) is 32.6. The Bertz CT molecular complexity index is 1160. The third kappa shape index (κ3) is 17.9. The maximum Gasteiger partial charge on any atom is 0.261 e. The predicted octanol–water partition coefficient (Wildman–Crippen LogP) is 14.1. The van der Waals surface area contributed by atoms with Gasteiger partial charge >= 0.3 is 0 Å². The molecular formula is C47H77N2+. The molecule has 2 heteroatoms. The van der Waals surface area contributed by atoms with Crippen molar-refractivity contribution in [1.29, 1.82) is 0 Å². The fourth-order valence-electron chi connectivity index (χ4n) is 7.70. The fourth-order valence-corrected chi connectivity index (χ4v) is 7.70. The van der Waals surface area contributed by atoms with Gasteiger partial charge in [-0.25, -0.2) is 9.13 Å². The third-order valence-corrected chi connectivity index (χ3v) is 10.9. The second-order valence-corrected chi connectivity index (χ2v) is 15.3. The van der Waals surface area contributed by atoms with Crippen LogP contribution in [0.4, 0.5) is 0 Å². The van der Waals surface area contributed by atoms with Gasteiger partial charge < -0.3 is 0 Å². The summed E-state index contributed by atoms with van der Waals surface area (Å²) in [6.45, 7) is 9.34. The van der Waals surface area contributed by atoms with Crippen molar-refractivity contribution in [1.82, 2.24) is 4.57 Å². The number of imidazole rings is 1. The molecule has 0 aliphatic heterocycles. The van der Waals surface area contributed by atoms with Crippen LogP contribution >= 0.6 is 0 Å². The van der Waals surface area contributed by atoms with E-state index in [1.807, 2.05) is 0 Å². The van der Waals surface area contributed by atoms with Crippen LogP contribution < -0.4 is 4.57 Å². The van der Waals surface area contributed by atoms with E-state index in [9.17, 15) is 0 Å². The van der Waals surface area contributed by atoms with E-state index in [4.69, 9.17) is 0 Å². The summed E-state index contributed by atoms with van der Waals surface area (Å²) in [6.07, 6.45) is 38.4. The van der Waals surface area contributed by atoms with Crippen LogP contribution in [0.5, 0.6) is 0 Å². The van der Waals surface area contributed by atoms with Crippen molar-refractivity contribution in [2.75, 3.05) is 0 Å². The van der Waals surface area contributed by atoms with E-state index in [2.05, 4.69) is 96.8 Å². The van der Waals surface area contributed by atoms with Crippen LogP contribution in [0.2, 0.25) is 0 Å². The van der Waals surface area contributed by atoms with E-state index < -0.39 is 0 Å². The van der Waals surface area contributed by atoms with E-state index in [-0.39, 0.29) is 0 Å². The number of hydrogen-bond donors (Lipinski definition) is 0. The van der Waals surface area contributed by atoms with Crippen molar-refractivity contribution < 1.29 is 4.57 Å². The summed E-state index contributed by atoms with van der Waals surface area (Å²) in [7, 11) is 0. The summed E-state index contributed by atoms with van der Waals surface area (Å²) in [5.74, 6) is 2.03. The molecule has 0 radical (unpaired) electrons. The maximum atomic E-state index is 2.75. The number of rotatable bonds is 31. The van der Waals surface area contributed by atoms with Crippen LogP contribution in [0.25, 0.3) is 0 Å². The van der Waals surface area contributed by atoms with Crippen molar-refractivity contribution in [3.63, 3.8) is 0 Å². The molecule has 1 aromatic heterocycles. The number of benzene rings is 2. The molecule has 0 N–H and O–H groups in total. The van der Waals surface area contributed by atoms with Gasteiger partial charge in [0, 0.05) is 6.42 Å². The summed E-state index contributed by atoms with van der Waals surface area (Å²) < 4.78 is 5.40. The van der Waals surface area contributed by atoms with Gasteiger partial charge in [0.25, 0.3) is 5.82 Å². The molecule has 1 atom stereocenters. The Kier molecular flexibility index (Phi) is 23.0. The predicted molar refractivity (Wildman–Crippen MR) is 215 cm³/mol. The van der Waals surface area contributed by atoms with E-state index >= 15 is 0 Å². The molecular weight excluding hydrogens is 593 g/mol. The monoisotopic (exact) mass is 670 g/mol. The van der Waals surface area contributed by atoms with Gasteiger partial charge in [-0.1, -0.05) is 210 Å². The molecule has 0 aliphatic rings. The smallest absolute Gasteiger partial charge is 0.234 e. The van der Waals surface area contributed by atoms with Gasteiger partial charge in [-0.3, -0.25) is 0 Å². The molecule has 0 saturated carbocycles. The lowest BCUT2D eigenvalue weighted by Crippen LogP contribution is -2.41. The quantitative estimate of drug-likeness (QED) is 0.0476. The molecule has 1 heterocycles. The number of aryl methyl sites for hydroxylation is 1. The first-order valence-electron chi connectivity index (χ1n) is 21.4. The average Bonchev–Trinajstić information content (AvgIpc) is 3.44. The minimum absolute atomic E-state index is 0.516. The molecule has 274 valence electrons. The highest BCUT2D eigenvalue weighted by molar-refractivity contribution is 5.21. The molecule has 0 bridgehead atoms. The van der Waals surface area contributed by atoms with Gasteiger partial charge in [-0.05, 0) is 42.7 Å². The van der Waals surface area contributed by atoms with Crippen LogP contribution in [0.15, 0.2) is 66.9 Å². The van der Waals surface area contributed by atoms with Gasteiger partial charge in [0.2, 0.25) is 0 Å². The first-order chi connectivity index (χ1) is 24.2. The van der Waals surface area contributed by atoms with Crippen LogP contribution in [0.1, 0.15) is 203 Å². The van der Waals surface area contributed by atoms with Crippen molar-refractivity contribution in [2.24, 2.45) is 0 Å². The number of unbranched alkanes of at least 4 members (excludes halogenated alkanes) is 22. The second kappa shape index (κ2) is 27.4. The summed E-state index contributed by atoms with van der Waals surface area (Å²) in [4.78, 5) is 0. The van der Waals surface area contributed by atoms with Gasteiger partial charge in [0.1, 0.15) is 11.9 Å². The zero-order chi connectivity index (χ0) is 34.6. The Hall–Kier alpha value is -2.35. The van der Waals surface area contributed by atoms with Crippen molar-refractivity contribution >= 4 is 0 Å². The summed E-state index contributed by atoms with van der Waals surface area (Å²) in [5.41, 5.74) is 4.42. The molecule has 2 aromatic carbocycles. The molecule has 0 fully saturated rings. The molecule has 49 heavy (non-hydrogen) atoms. The summed E-state index contributed by atoms with van der Waals surface area (Å²) in [5, 5.41) is 0. The van der Waals surface area contributed by atoms with Crippen LogP contribution in [0, 0.1) is 0 Å². The van der Waals surface area contributed by atoms with Gasteiger partial charge in [-0.15, -0.1) is 0 Å². The lowest BCUT2D eigenvalue weighted by molar-refractivity contribution is -0.710. The lowest BCUT2D eigenvalue weighted by atomic mass is 9.96. The molecule has 3 rings (SSSR count). The Morgan fingerprint density at radius 2 is 0.939 bits per heavy atom. The third-order valence-electron chi connectivity index (χ3n) is 10.9. The molecule has 1 unspecified atom stereocenters. The highest BCUT2D eigenvalue weighted by atomic mass is 15.2. The molecule has 2 nitrogen and oxygen atoms in total. The Labute approximate surface area is 304 Å². The second-order valence-electron chi connectivity index (χ2n) is 15.3. The molecule has 3 aromatic rings. The summed E-state index contributed by atoms with van der Waals surface area (Å²) >= 11 is 0. The van der Waals surface area contributed by atoms with Gasteiger partial charge in [-0.2, -0.15) is 0 Å². The highest BCUT2D eigenvalue weighted by Gasteiger charge is 2.25. The van der Waals surface area contributed by atoms with E-state index in [1.54, 1.807) is 0 Å². The minimum Gasteiger partial charge on any atom is -0.234 e. The normalized spacial score (nSPS) is 12.1. The molecule has 0 aliphatic carbocycles. The number of nitrogens with zero attached hydrogens (tertiary/aromatic N) is 2. The average molecular weight is 670 g/mol. The first-order valence-corrected chi connectivity index (χ1v) is 21.4. The summed E-state index contributed by atoms with van der Waals surface area (Å²) in [6, 6.07) is 22.4. The largest absolute Gasteiger partial charge is 0.261 e.